The lowest BCUT2D eigenvalue weighted by atomic mass is 10.2. The Bertz CT molecular complexity index is 385. The first-order valence-electron chi connectivity index (χ1n) is 6.53. The number of carbonyl (C=O) groups is 1. The average molecular weight is 250 g/mol. The SMILES string of the molecule is O=C(CCNC1CCCC1)Nc1ccc(F)cc1. The Morgan fingerprint density at radius 3 is 2.56 bits per heavy atom. The van der Waals surface area contributed by atoms with E-state index < -0.39 is 0 Å². The maximum Gasteiger partial charge on any atom is 0.225 e. The molecule has 1 amide bonds. The van der Waals surface area contributed by atoms with E-state index in [4.69, 9.17) is 0 Å². The number of carbonyl (C=O) groups excluding carboxylic acids is 1. The molecule has 0 spiro atoms. The van der Waals surface area contributed by atoms with Crippen LogP contribution in [-0.2, 0) is 4.79 Å². The molecule has 0 radical (unpaired) electrons. The molecule has 0 saturated heterocycles. The van der Waals surface area contributed by atoms with Gasteiger partial charge >= 0.3 is 0 Å². The number of hydrogen-bond acceptors (Lipinski definition) is 2. The van der Waals surface area contributed by atoms with Crippen LogP contribution in [0.1, 0.15) is 32.1 Å². The molecular formula is C14H19FN2O. The quantitative estimate of drug-likeness (QED) is 0.843. The van der Waals surface area contributed by atoms with Crippen LogP contribution >= 0.6 is 0 Å². The molecule has 1 fully saturated rings. The minimum atomic E-state index is -0.295. The number of benzene rings is 1. The third-order valence-corrected chi connectivity index (χ3v) is 3.27. The summed E-state index contributed by atoms with van der Waals surface area (Å²) in [5.74, 6) is -0.331. The predicted molar refractivity (Wildman–Crippen MR) is 69.9 cm³/mol. The molecule has 3 nitrogen and oxygen atoms in total. The van der Waals surface area contributed by atoms with Gasteiger partial charge in [0.15, 0.2) is 0 Å². The molecule has 98 valence electrons. The van der Waals surface area contributed by atoms with E-state index in [0.29, 0.717) is 24.7 Å². The fourth-order valence-electron chi connectivity index (χ4n) is 2.28. The van der Waals surface area contributed by atoms with Gasteiger partial charge in [-0.05, 0) is 37.1 Å². The Kier molecular flexibility index (Phi) is 4.70. The molecule has 4 heteroatoms. The highest BCUT2D eigenvalue weighted by Gasteiger charge is 2.14. The third-order valence-electron chi connectivity index (χ3n) is 3.27. The van der Waals surface area contributed by atoms with Gasteiger partial charge in [-0.3, -0.25) is 4.79 Å². The number of rotatable bonds is 5. The van der Waals surface area contributed by atoms with Gasteiger partial charge in [0.2, 0.25) is 5.91 Å². The van der Waals surface area contributed by atoms with E-state index in [0.717, 1.165) is 0 Å². The van der Waals surface area contributed by atoms with Crippen LogP contribution in [0.2, 0.25) is 0 Å². The van der Waals surface area contributed by atoms with Crippen molar-refractivity contribution in [2.45, 2.75) is 38.1 Å². The zero-order valence-electron chi connectivity index (χ0n) is 10.4. The zero-order valence-corrected chi connectivity index (χ0v) is 10.4. The van der Waals surface area contributed by atoms with Crippen LogP contribution in [0.5, 0.6) is 0 Å². The predicted octanol–water partition coefficient (Wildman–Crippen LogP) is 2.69. The maximum absolute atomic E-state index is 12.7. The molecular weight excluding hydrogens is 231 g/mol. The Labute approximate surface area is 107 Å². The largest absolute Gasteiger partial charge is 0.326 e. The van der Waals surface area contributed by atoms with Crippen LogP contribution in [-0.4, -0.2) is 18.5 Å². The molecule has 1 aromatic carbocycles. The van der Waals surface area contributed by atoms with Gasteiger partial charge in [-0.25, -0.2) is 4.39 Å². The summed E-state index contributed by atoms with van der Waals surface area (Å²) in [4.78, 5) is 11.6. The summed E-state index contributed by atoms with van der Waals surface area (Å²) >= 11 is 0. The van der Waals surface area contributed by atoms with Gasteiger partial charge in [0.25, 0.3) is 0 Å². The minimum Gasteiger partial charge on any atom is -0.326 e. The fraction of sp³-hybridized carbons (Fsp3) is 0.500. The van der Waals surface area contributed by atoms with Crippen LogP contribution in [0.3, 0.4) is 0 Å². The summed E-state index contributed by atoms with van der Waals surface area (Å²) in [5, 5.41) is 6.14. The van der Waals surface area contributed by atoms with E-state index in [1.807, 2.05) is 0 Å². The molecule has 1 saturated carbocycles. The van der Waals surface area contributed by atoms with Crippen molar-refractivity contribution in [1.29, 1.82) is 0 Å². The van der Waals surface area contributed by atoms with Gasteiger partial charge in [0.05, 0.1) is 0 Å². The normalized spacial score (nSPS) is 15.8. The molecule has 0 atom stereocenters. The smallest absolute Gasteiger partial charge is 0.225 e. The third kappa shape index (κ3) is 4.11. The van der Waals surface area contributed by atoms with Crippen molar-refractivity contribution < 1.29 is 9.18 Å². The lowest BCUT2D eigenvalue weighted by Gasteiger charge is -2.11. The second kappa shape index (κ2) is 6.50. The summed E-state index contributed by atoms with van der Waals surface area (Å²) < 4.78 is 12.7. The maximum atomic E-state index is 12.7. The standard InChI is InChI=1S/C14H19FN2O/c15-11-5-7-13(8-6-11)17-14(18)9-10-16-12-3-1-2-4-12/h5-8,12,16H,1-4,9-10H2,(H,17,18). The van der Waals surface area contributed by atoms with Crippen LogP contribution in [0, 0.1) is 5.82 Å². The van der Waals surface area contributed by atoms with Crippen LogP contribution in [0.4, 0.5) is 10.1 Å². The lowest BCUT2D eigenvalue weighted by Crippen LogP contribution is -2.29. The van der Waals surface area contributed by atoms with Crippen molar-refractivity contribution in [2.75, 3.05) is 11.9 Å². The van der Waals surface area contributed by atoms with Gasteiger partial charge in [-0.1, -0.05) is 12.8 Å². The minimum absolute atomic E-state index is 0.0351. The van der Waals surface area contributed by atoms with Gasteiger partial charge in [-0.15, -0.1) is 0 Å². The van der Waals surface area contributed by atoms with Gasteiger partial charge < -0.3 is 10.6 Å². The average Bonchev–Trinajstić information content (AvgIpc) is 2.85. The summed E-state index contributed by atoms with van der Waals surface area (Å²) in [6, 6.07) is 6.40. The molecule has 18 heavy (non-hydrogen) atoms. The lowest BCUT2D eigenvalue weighted by molar-refractivity contribution is -0.116. The molecule has 0 aliphatic heterocycles. The van der Waals surface area contributed by atoms with Gasteiger partial charge in [0, 0.05) is 24.7 Å². The first-order valence-corrected chi connectivity index (χ1v) is 6.53. The van der Waals surface area contributed by atoms with Gasteiger partial charge in [-0.2, -0.15) is 0 Å². The number of nitrogens with one attached hydrogen (secondary N) is 2. The van der Waals surface area contributed by atoms with Gasteiger partial charge in [0.1, 0.15) is 5.82 Å². The van der Waals surface area contributed by atoms with Crippen molar-refractivity contribution in [2.24, 2.45) is 0 Å². The van der Waals surface area contributed by atoms with E-state index >= 15 is 0 Å². The Morgan fingerprint density at radius 1 is 1.22 bits per heavy atom. The topological polar surface area (TPSA) is 41.1 Å². The number of hydrogen-bond donors (Lipinski definition) is 2. The van der Waals surface area contributed by atoms with E-state index in [9.17, 15) is 9.18 Å². The summed E-state index contributed by atoms with van der Waals surface area (Å²) in [5.41, 5.74) is 0.641. The van der Waals surface area contributed by atoms with Crippen molar-refractivity contribution >= 4 is 11.6 Å². The van der Waals surface area contributed by atoms with Crippen LogP contribution in [0.15, 0.2) is 24.3 Å². The highest BCUT2D eigenvalue weighted by atomic mass is 19.1. The Morgan fingerprint density at radius 2 is 1.89 bits per heavy atom. The molecule has 0 bridgehead atoms. The van der Waals surface area contributed by atoms with Crippen LogP contribution < -0.4 is 10.6 Å². The molecule has 2 N–H and O–H groups in total. The molecule has 0 unspecified atom stereocenters. The van der Waals surface area contributed by atoms with Crippen molar-refractivity contribution in [3.05, 3.63) is 30.1 Å². The summed E-state index contributed by atoms with van der Waals surface area (Å²) in [7, 11) is 0. The number of amides is 1. The molecule has 1 aliphatic carbocycles. The fourth-order valence-corrected chi connectivity index (χ4v) is 2.28. The van der Waals surface area contributed by atoms with Crippen molar-refractivity contribution in [3.63, 3.8) is 0 Å². The van der Waals surface area contributed by atoms with Crippen LogP contribution in [0.25, 0.3) is 0 Å². The number of halogens is 1. The summed E-state index contributed by atoms with van der Waals surface area (Å²) in [6.45, 7) is 0.706. The molecule has 1 aromatic rings. The second-order valence-electron chi connectivity index (χ2n) is 4.74. The summed E-state index contributed by atoms with van der Waals surface area (Å²) in [6.07, 6.45) is 5.48. The van der Waals surface area contributed by atoms with E-state index in [-0.39, 0.29) is 11.7 Å². The van der Waals surface area contributed by atoms with E-state index in [2.05, 4.69) is 10.6 Å². The second-order valence-corrected chi connectivity index (χ2v) is 4.74. The molecule has 0 heterocycles. The highest BCUT2D eigenvalue weighted by Crippen LogP contribution is 2.17. The highest BCUT2D eigenvalue weighted by molar-refractivity contribution is 5.90. The zero-order chi connectivity index (χ0) is 12.8. The van der Waals surface area contributed by atoms with Crippen molar-refractivity contribution in [1.82, 2.24) is 5.32 Å². The van der Waals surface area contributed by atoms with E-state index in [1.165, 1.54) is 37.8 Å². The number of anilines is 1. The first kappa shape index (κ1) is 13.0. The Hall–Kier alpha value is -1.42. The van der Waals surface area contributed by atoms with Crippen molar-refractivity contribution in [3.8, 4) is 0 Å². The van der Waals surface area contributed by atoms with E-state index in [1.54, 1.807) is 12.1 Å². The molecule has 2 rings (SSSR count). The molecule has 1 aliphatic rings. The Balaban J connectivity index is 1.66. The monoisotopic (exact) mass is 250 g/mol. The first-order chi connectivity index (χ1) is 8.74. The molecule has 0 aromatic heterocycles.